The molecule has 1 aliphatic rings. The highest BCUT2D eigenvalue weighted by Gasteiger charge is 2.31. The molecule has 31 heavy (non-hydrogen) atoms. The summed E-state index contributed by atoms with van der Waals surface area (Å²) in [6.07, 6.45) is 0. The quantitative estimate of drug-likeness (QED) is 0.395. The maximum Gasteiger partial charge on any atom is 0.326 e. The predicted octanol–water partition coefficient (Wildman–Crippen LogP) is 6.73. The molecular weight excluding hydrogens is 380 g/mol. The number of amides is 2. The molecule has 0 saturated heterocycles. The molecule has 4 aromatic rings. The predicted molar refractivity (Wildman–Crippen MR) is 127 cm³/mol. The first-order valence-corrected chi connectivity index (χ1v) is 10.6. The number of fused-ring (bicyclic) bond motifs is 2. The lowest BCUT2D eigenvalue weighted by molar-refractivity contribution is 0.256. The van der Waals surface area contributed by atoms with Gasteiger partial charge in [-0.05, 0) is 52.9 Å². The van der Waals surface area contributed by atoms with E-state index in [0.29, 0.717) is 6.54 Å². The average Bonchev–Trinajstić information content (AvgIpc) is 2.95. The fourth-order valence-corrected chi connectivity index (χ4v) is 4.50. The van der Waals surface area contributed by atoms with Crippen LogP contribution in [0.5, 0.6) is 0 Å². The van der Waals surface area contributed by atoms with Crippen molar-refractivity contribution < 1.29 is 4.79 Å². The Morgan fingerprint density at radius 1 is 0.742 bits per heavy atom. The fourth-order valence-electron chi connectivity index (χ4n) is 4.50. The van der Waals surface area contributed by atoms with Gasteiger partial charge < -0.3 is 5.32 Å². The van der Waals surface area contributed by atoms with Gasteiger partial charge in [0.1, 0.15) is 0 Å². The summed E-state index contributed by atoms with van der Waals surface area (Å²) < 4.78 is 0. The number of carbonyl (C=O) groups is 1. The Balaban J connectivity index is 1.67. The van der Waals surface area contributed by atoms with Crippen LogP contribution in [-0.2, 0) is 6.54 Å². The Bertz CT molecular complexity index is 1230. The Hall–Kier alpha value is -3.85. The first kappa shape index (κ1) is 19.1. The molecule has 0 fully saturated rings. The number of urea groups is 1. The van der Waals surface area contributed by atoms with Crippen molar-refractivity contribution in [2.45, 2.75) is 19.4 Å². The van der Waals surface area contributed by atoms with E-state index in [0.717, 1.165) is 22.5 Å². The van der Waals surface area contributed by atoms with Crippen LogP contribution in [-0.4, -0.2) is 6.03 Å². The van der Waals surface area contributed by atoms with Crippen LogP contribution >= 0.6 is 0 Å². The lowest BCUT2D eigenvalue weighted by Gasteiger charge is -2.25. The van der Waals surface area contributed by atoms with Gasteiger partial charge in [-0.15, -0.1) is 0 Å². The maximum absolute atomic E-state index is 13.4. The second kappa shape index (κ2) is 8.11. The average molecular weight is 405 g/mol. The molecule has 5 rings (SSSR count). The SMILES string of the molecule is Cc1ccccc1C1c2ccccc2CN(C(=O)Nc2ccccc2)c2ccccc21. The highest BCUT2D eigenvalue weighted by Crippen LogP contribution is 2.43. The van der Waals surface area contributed by atoms with E-state index in [9.17, 15) is 4.79 Å². The first-order valence-electron chi connectivity index (χ1n) is 10.6. The van der Waals surface area contributed by atoms with Crippen LogP contribution in [0, 0.1) is 6.92 Å². The monoisotopic (exact) mass is 404 g/mol. The number of para-hydroxylation sites is 2. The Morgan fingerprint density at radius 2 is 1.35 bits per heavy atom. The number of hydrogen-bond donors (Lipinski definition) is 1. The maximum atomic E-state index is 13.4. The molecule has 1 unspecified atom stereocenters. The summed E-state index contributed by atoms with van der Waals surface area (Å²) in [7, 11) is 0. The second-order valence-corrected chi connectivity index (χ2v) is 7.93. The summed E-state index contributed by atoms with van der Waals surface area (Å²) in [6.45, 7) is 2.68. The molecule has 0 bridgehead atoms. The molecule has 0 spiro atoms. The summed E-state index contributed by atoms with van der Waals surface area (Å²) >= 11 is 0. The van der Waals surface area contributed by atoms with Gasteiger partial charge in [0.15, 0.2) is 0 Å². The highest BCUT2D eigenvalue weighted by molar-refractivity contribution is 6.02. The van der Waals surface area contributed by atoms with Crippen LogP contribution < -0.4 is 10.2 Å². The second-order valence-electron chi connectivity index (χ2n) is 7.93. The minimum Gasteiger partial charge on any atom is -0.308 e. The number of anilines is 2. The zero-order valence-corrected chi connectivity index (χ0v) is 17.5. The molecule has 1 heterocycles. The zero-order valence-electron chi connectivity index (χ0n) is 17.5. The first-order chi connectivity index (χ1) is 15.2. The summed E-state index contributed by atoms with van der Waals surface area (Å²) in [6, 6.07) is 34.8. The fraction of sp³-hybridized carbons (Fsp3) is 0.107. The number of hydrogen-bond acceptors (Lipinski definition) is 1. The van der Waals surface area contributed by atoms with Crippen molar-refractivity contribution >= 4 is 17.4 Å². The van der Waals surface area contributed by atoms with Crippen LogP contribution in [0.15, 0.2) is 103 Å². The van der Waals surface area contributed by atoms with E-state index < -0.39 is 0 Å². The van der Waals surface area contributed by atoms with Crippen LogP contribution in [0.3, 0.4) is 0 Å². The number of benzene rings is 4. The van der Waals surface area contributed by atoms with Crippen LogP contribution in [0.1, 0.15) is 33.7 Å². The summed E-state index contributed by atoms with van der Waals surface area (Å²) in [5, 5.41) is 3.06. The summed E-state index contributed by atoms with van der Waals surface area (Å²) in [5.74, 6) is 0.0723. The largest absolute Gasteiger partial charge is 0.326 e. The lowest BCUT2D eigenvalue weighted by Crippen LogP contribution is -2.34. The van der Waals surface area contributed by atoms with Gasteiger partial charge in [-0.25, -0.2) is 4.79 Å². The summed E-state index contributed by atoms with van der Waals surface area (Å²) in [4.78, 5) is 15.3. The number of nitrogens with zero attached hydrogens (tertiary/aromatic N) is 1. The third-order valence-electron chi connectivity index (χ3n) is 6.00. The molecule has 1 aliphatic heterocycles. The van der Waals surface area contributed by atoms with Gasteiger partial charge in [-0.2, -0.15) is 0 Å². The van der Waals surface area contributed by atoms with Gasteiger partial charge in [0.25, 0.3) is 0 Å². The Morgan fingerprint density at radius 3 is 2.13 bits per heavy atom. The third kappa shape index (κ3) is 3.59. The van der Waals surface area contributed by atoms with Gasteiger partial charge in [0, 0.05) is 17.3 Å². The molecule has 3 heteroatoms. The van der Waals surface area contributed by atoms with Crippen molar-refractivity contribution in [3.8, 4) is 0 Å². The number of nitrogens with one attached hydrogen (secondary N) is 1. The van der Waals surface area contributed by atoms with E-state index in [2.05, 4.69) is 79.0 Å². The molecule has 4 aromatic carbocycles. The molecule has 0 aromatic heterocycles. The van der Waals surface area contributed by atoms with E-state index >= 15 is 0 Å². The minimum atomic E-state index is -0.126. The standard InChI is InChI=1S/C28H24N2O/c1-20-11-5-7-15-23(20)27-24-16-8-6-12-21(24)19-30(26-18-10-9-17-25(26)27)28(31)29-22-13-3-2-4-14-22/h2-18,27H,19H2,1H3,(H,29,31). The van der Waals surface area contributed by atoms with Gasteiger partial charge >= 0.3 is 6.03 Å². The molecule has 1 atom stereocenters. The zero-order chi connectivity index (χ0) is 21.2. The molecule has 1 N–H and O–H groups in total. The normalized spacial score (nSPS) is 14.9. The van der Waals surface area contributed by atoms with E-state index in [1.54, 1.807) is 0 Å². The van der Waals surface area contributed by atoms with Crippen molar-refractivity contribution in [1.82, 2.24) is 0 Å². The highest BCUT2D eigenvalue weighted by atomic mass is 16.2. The number of rotatable bonds is 2. The van der Waals surface area contributed by atoms with Crippen LogP contribution in [0.25, 0.3) is 0 Å². The van der Waals surface area contributed by atoms with Crippen LogP contribution in [0.2, 0.25) is 0 Å². The van der Waals surface area contributed by atoms with E-state index in [4.69, 9.17) is 0 Å². The van der Waals surface area contributed by atoms with Gasteiger partial charge in [-0.3, -0.25) is 4.90 Å². The van der Waals surface area contributed by atoms with Crippen molar-refractivity contribution in [3.05, 3.63) is 131 Å². The van der Waals surface area contributed by atoms with Crippen molar-refractivity contribution in [3.63, 3.8) is 0 Å². The third-order valence-corrected chi connectivity index (χ3v) is 6.00. The molecule has 152 valence electrons. The van der Waals surface area contributed by atoms with Crippen molar-refractivity contribution in [2.75, 3.05) is 10.2 Å². The van der Waals surface area contributed by atoms with Crippen molar-refractivity contribution in [2.24, 2.45) is 0 Å². The smallest absolute Gasteiger partial charge is 0.308 e. The van der Waals surface area contributed by atoms with E-state index in [1.165, 1.54) is 16.7 Å². The number of aryl methyl sites for hydroxylation is 1. The summed E-state index contributed by atoms with van der Waals surface area (Å²) in [5.41, 5.74) is 7.81. The van der Waals surface area contributed by atoms with Gasteiger partial charge in [-0.1, -0.05) is 84.9 Å². The van der Waals surface area contributed by atoms with Crippen LogP contribution in [0.4, 0.5) is 16.2 Å². The Labute approximate surface area is 183 Å². The van der Waals surface area contributed by atoms with Gasteiger partial charge in [0.2, 0.25) is 0 Å². The van der Waals surface area contributed by atoms with Gasteiger partial charge in [0.05, 0.1) is 6.54 Å². The van der Waals surface area contributed by atoms with E-state index in [-0.39, 0.29) is 11.9 Å². The van der Waals surface area contributed by atoms with E-state index in [1.807, 2.05) is 41.3 Å². The molecule has 0 radical (unpaired) electrons. The number of carbonyl (C=O) groups excluding carboxylic acids is 1. The lowest BCUT2D eigenvalue weighted by atomic mass is 9.81. The van der Waals surface area contributed by atoms with Crippen molar-refractivity contribution in [1.29, 1.82) is 0 Å². The molecule has 2 amide bonds. The molecule has 0 saturated carbocycles. The molecular formula is C28H24N2O. The molecule has 0 aliphatic carbocycles. The molecule has 3 nitrogen and oxygen atoms in total. The topological polar surface area (TPSA) is 32.3 Å². The minimum absolute atomic E-state index is 0.0723. The Kier molecular flexibility index (Phi) is 5.01.